The van der Waals surface area contributed by atoms with Crippen molar-refractivity contribution in [2.45, 2.75) is 78.6 Å². The number of nitrogens with one attached hydrogen (secondary N) is 2. The summed E-state index contributed by atoms with van der Waals surface area (Å²) in [5, 5.41) is 2.37. The van der Waals surface area contributed by atoms with Crippen LogP contribution in [0.25, 0.3) is 11.2 Å². The molecule has 0 spiro atoms. The molecule has 0 bridgehead atoms. The second kappa shape index (κ2) is 9.23. The summed E-state index contributed by atoms with van der Waals surface area (Å²) >= 11 is 0. The number of aromatic nitrogens is 4. The number of fused-ring (bicyclic) bond motifs is 1. The molecule has 176 valence electrons. The number of amides is 1. The summed E-state index contributed by atoms with van der Waals surface area (Å²) < 4.78 is 28.7. The summed E-state index contributed by atoms with van der Waals surface area (Å²) in [5.74, 6) is -1.61. The molecular weight excluding hydrogens is 425 g/mol. The normalized spacial score (nSPS) is 23.9. The highest BCUT2D eigenvalue weighted by Gasteiger charge is 2.51. The Kier molecular flexibility index (Phi) is 6.82. The van der Waals surface area contributed by atoms with Crippen molar-refractivity contribution < 1.29 is 23.5 Å². The lowest BCUT2D eigenvalue weighted by atomic mass is 9.97. The molecule has 2 aromatic rings. The lowest BCUT2D eigenvalue weighted by Gasteiger charge is -2.20. The Morgan fingerprint density at radius 2 is 2.00 bits per heavy atom. The van der Waals surface area contributed by atoms with Gasteiger partial charge in [0.05, 0.1) is 6.10 Å². The number of carbonyl (C=O) groups is 2. The monoisotopic (exact) mass is 453 g/mol. The van der Waals surface area contributed by atoms with Crippen molar-refractivity contribution in [1.29, 1.82) is 0 Å². The Morgan fingerprint density at radius 3 is 2.56 bits per heavy atom. The van der Waals surface area contributed by atoms with Gasteiger partial charge in [0.2, 0.25) is 11.9 Å². The van der Waals surface area contributed by atoms with Gasteiger partial charge in [-0.15, -0.1) is 0 Å². The van der Waals surface area contributed by atoms with Crippen LogP contribution in [0.1, 0.15) is 53.7 Å². The fourth-order valence-electron chi connectivity index (χ4n) is 3.93. The molecule has 3 heterocycles. The molecule has 1 saturated heterocycles. The molecule has 0 unspecified atom stereocenters. The minimum atomic E-state index is -1.69. The predicted molar refractivity (Wildman–Crippen MR) is 113 cm³/mol. The molecule has 2 N–H and O–H groups in total. The number of aromatic amines is 1. The predicted octanol–water partition coefficient (Wildman–Crippen LogP) is 1.47. The molecule has 3 rings (SSSR count). The molecule has 12 heteroatoms. The second-order valence-corrected chi connectivity index (χ2v) is 7.97. The van der Waals surface area contributed by atoms with E-state index in [1.807, 2.05) is 13.8 Å². The number of halogens is 1. The highest BCUT2D eigenvalue weighted by atomic mass is 19.1. The molecule has 11 nitrogen and oxygen atoms in total. The molecule has 5 atom stereocenters. The number of aryl methyl sites for hydroxylation is 1. The Morgan fingerprint density at radius 1 is 1.31 bits per heavy atom. The molecule has 0 aliphatic carbocycles. The average Bonchev–Trinajstić information content (AvgIpc) is 3.15. The van der Waals surface area contributed by atoms with E-state index in [1.165, 1.54) is 11.5 Å². The van der Waals surface area contributed by atoms with E-state index >= 15 is 4.39 Å². The fourth-order valence-corrected chi connectivity index (χ4v) is 3.93. The first-order chi connectivity index (χ1) is 15.1. The number of hydrogen-bond donors (Lipinski definition) is 2. The molecular formula is C20H28FN5O6. The molecule has 1 aliphatic rings. The largest absolute Gasteiger partial charge is 0.454 e. The zero-order valence-corrected chi connectivity index (χ0v) is 18.7. The Hall–Kier alpha value is -3.02. The summed E-state index contributed by atoms with van der Waals surface area (Å²) in [7, 11) is 0. The van der Waals surface area contributed by atoms with Crippen molar-refractivity contribution in [3.05, 3.63) is 20.8 Å². The van der Waals surface area contributed by atoms with Crippen molar-refractivity contribution in [2.75, 3.05) is 5.32 Å². The van der Waals surface area contributed by atoms with E-state index in [0.717, 1.165) is 11.5 Å². The van der Waals surface area contributed by atoms with E-state index < -0.39 is 47.7 Å². The number of anilines is 1. The van der Waals surface area contributed by atoms with E-state index in [4.69, 9.17) is 9.47 Å². The van der Waals surface area contributed by atoms with Crippen LogP contribution in [-0.4, -0.2) is 49.4 Å². The van der Waals surface area contributed by atoms with Crippen LogP contribution in [0.2, 0.25) is 0 Å². The third-order valence-electron chi connectivity index (χ3n) is 5.52. The Balaban J connectivity index is 2.27. The first kappa shape index (κ1) is 23.6. The number of esters is 1. The average molecular weight is 453 g/mol. The smallest absolute Gasteiger partial charge is 0.332 e. The zero-order valence-electron chi connectivity index (χ0n) is 18.7. The number of nitrogens with zero attached hydrogens (tertiary/aromatic N) is 3. The number of imidazole rings is 1. The zero-order chi connectivity index (χ0) is 23.7. The highest BCUT2D eigenvalue weighted by molar-refractivity contribution is 5.87. The standard InChI is InChI=1S/C20H28FN5O6/c1-6-8-25-13-16(23-19(22-10(4)27)24-17(13)29)26(20(25)30)18-15(31-11(5)28)12(21)14(32-18)9(3)7-2/h9,12,14-15,18H,6-8H2,1-5H3,(H2,22,23,24,27,29)/t9-,12-,14+,15+,18+/m0/s1. The highest BCUT2D eigenvalue weighted by Crippen LogP contribution is 2.38. The maximum absolute atomic E-state index is 15.3. The summed E-state index contributed by atoms with van der Waals surface area (Å²) in [5.41, 5.74) is -1.45. The van der Waals surface area contributed by atoms with E-state index in [-0.39, 0.29) is 29.6 Å². The molecule has 0 radical (unpaired) electrons. The lowest BCUT2D eigenvalue weighted by Crippen LogP contribution is -2.37. The van der Waals surface area contributed by atoms with Crippen LogP contribution in [0.4, 0.5) is 10.3 Å². The topological polar surface area (TPSA) is 137 Å². The van der Waals surface area contributed by atoms with E-state index in [1.54, 1.807) is 6.92 Å². The third-order valence-corrected chi connectivity index (χ3v) is 5.52. The van der Waals surface area contributed by atoms with Gasteiger partial charge in [-0.2, -0.15) is 4.98 Å². The van der Waals surface area contributed by atoms with E-state index in [0.29, 0.717) is 12.8 Å². The molecule has 0 saturated carbocycles. The summed E-state index contributed by atoms with van der Waals surface area (Å²) in [6.45, 7) is 8.07. The summed E-state index contributed by atoms with van der Waals surface area (Å²) in [6, 6.07) is 0. The molecule has 1 fully saturated rings. The van der Waals surface area contributed by atoms with Crippen molar-refractivity contribution in [2.24, 2.45) is 5.92 Å². The van der Waals surface area contributed by atoms with Gasteiger partial charge in [0.25, 0.3) is 5.56 Å². The maximum atomic E-state index is 15.3. The van der Waals surface area contributed by atoms with Crippen LogP contribution in [0, 0.1) is 5.92 Å². The quantitative estimate of drug-likeness (QED) is 0.606. The van der Waals surface area contributed by atoms with Gasteiger partial charge in [0.1, 0.15) is 0 Å². The van der Waals surface area contributed by atoms with Crippen LogP contribution >= 0.6 is 0 Å². The van der Waals surface area contributed by atoms with Crippen LogP contribution < -0.4 is 16.6 Å². The van der Waals surface area contributed by atoms with Crippen LogP contribution in [0.5, 0.6) is 0 Å². The number of rotatable bonds is 7. The lowest BCUT2D eigenvalue weighted by molar-refractivity contribution is -0.154. The van der Waals surface area contributed by atoms with Gasteiger partial charge in [-0.1, -0.05) is 27.2 Å². The van der Waals surface area contributed by atoms with Gasteiger partial charge >= 0.3 is 11.7 Å². The van der Waals surface area contributed by atoms with Crippen molar-refractivity contribution in [1.82, 2.24) is 19.1 Å². The van der Waals surface area contributed by atoms with Gasteiger partial charge in [-0.3, -0.25) is 29.3 Å². The minimum absolute atomic E-state index is 0.0430. The first-order valence-corrected chi connectivity index (χ1v) is 10.6. The molecule has 1 amide bonds. The number of carbonyl (C=O) groups excluding carboxylic acids is 2. The Bertz CT molecular complexity index is 1140. The summed E-state index contributed by atoms with van der Waals surface area (Å²) in [6.07, 6.45) is -4.22. The summed E-state index contributed by atoms with van der Waals surface area (Å²) in [4.78, 5) is 55.9. The van der Waals surface area contributed by atoms with E-state index in [9.17, 15) is 19.2 Å². The number of alkyl halides is 1. The second-order valence-electron chi connectivity index (χ2n) is 7.97. The van der Waals surface area contributed by atoms with Gasteiger partial charge < -0.3 is 9.47 Å². The molecule has 0 aromatic carbocycles. The minimum Gasteiger partial charge on any atom is -0.454 e. The third kappa shape index (κ3) is 4.18. The van der Waals surface area contributed by atoms with Gasteiger partial charge in [-0.25, -0.2) is 13.8 Å². The number of hydrogen-bond acceptors (Lipinski definition) is 7. The van der Waals surface area contributed by atoms with Gasteiger partial charge in [-0.05, 0) is 12.3 Å². The fraction of sp³-hybridized carbons (Fsp3) is 0.650. The first-order valence-electron chi connectivity index (χ1n) is 10.6. The van der Waals surface area contributed by atoms with E-state index in [2.05, 4.69) is 15.3 Å². The van der Waals surface area contributed by atoms with Crippen molar-refractivity contribution in [3.63, 3.8) is 0 Å². The maximum Gasteiger partial charge on any atom is 0.332 e. The van der Waals surface area contributed by atoms with Crippen molar-refractivity contribution >= 4 is 29.0 Å². The molecule has 2 aromatic heterocycles. The van der Waals surface area contributed by atoms with Crippen LogP contribution in [-0.2, 0) is 25.6 Å². The Labute approximate surface area is 182 Å². The molecule has 1 aliphatic heterocycles. The van der Waals surface area contributed by atoms with Crippen molar-refractivity contribution in [3.8, 4) is 0 Å². The SMILES string of the molecule is CCCn1c(=O)n([C@@H]2O[C@H]([C@@H](C)CC)[C@H](F)[C@H]2OC(C)=O)c2nc(NC(C)=O)[nH]c(=O)c21. The number of H-pyrrole nitrogens is 1. The number of ether oxygens (including phenoxy) is 2. The van der Waals surface area contributed by atoms with Crippen LogP contribution in [0.15, 0.2) is 9.59 Å². The molecule has 32 heavy (non-hydrogen) atoms. The van der Waals surface area contributed by atoms with Gasteiger partial charge in [0, 0.05) is 20.4 Å². The van der Waals surface area contributed by atoms with Crippen LogP contribution in [0.3, 0.4) is 0 Å². The van der Waals surface area contributed by atoms with Gasteiger partial charge in [0.15, 0.2) is 29.7 Å².